The molecule has 0 amide bonds. The van der Waals surface area contributed by atoms with Gasteiger partial charge in [0.2, 0.25) is 0 Å². The number of methoxy groups -OCH3 is 1. The molecule has 0 saturated heterocycles. The van der Waals surface area contributed by atoms with E-state index in [9.17, 15) is 9.90 Å². The summed E-state index contributed by atoms with van der Waals surface area (Å²) in [6.07, 6.45) is 11.1. The first-order chi connectivity index (χ1) is 15.8. The average molecular weight is 471 g/mol. The van der Waals surface area contributed by atoms with Gasteiger partial charge in [-0.25, -0.2) is 0 Å². The molecular weight excluding hydrogens is 420 g/mol. The van der Waals surface area contributed by atoms with Crippen molar-refractivity contribution < 1.29 is 14.6 Å². The number of allylic oxidation sites excluding steroid dienone is 1. The van der Waals surface area contributed by atoms with Gasteiger partial charge >= 0.3 is 5.97 Å². The highest BCUT2D eigenvalue weighted by molar-refractivity contribution is 5.78. The maximum atomic E-state index is 13.3. The fourth-order valence-corrected chi connectivity index (χ4v) is 11.7. The maximum absolute atomic E-state index is 13.3. The number of esters is 1. The summed E-state index contributed by atoms with van der Waals surface area (Å²) in [4.78, 5) is 13.3. The lowest BCUT2D eigenvalue weighted by molar-refractivity contribution is -0.248. The van der Waals surface area contributed by atoms with Crippen LogP contribution in [0, 0.1) is 56.7 Å². The summed E-state index contributed by atoms with van der Waals surface area (Å²) < 4.78 is 5.49. The van der Waals surface area contributed by atoms with E-state index in [2.05, 4.69) is 48.1 Å². The van der Waals surface area contributed by atoms with Crippen molar-refractivity contribution in [1.82, 2.24) is 0 Å². The number of aliphatic hydroxyl groups is 1. The minimum atomic E-state index is -0.302. The molecule has 3 nitrogen and oxygen atoms in total. The lowest BCUT2D eigenvalue weighted by Crippen LogP contribution is -2.67. The van der Waals surface area contributed by atoms with Crippen molar-refractivity contribution in [2.75, 3.05) is 7.11 Å². The van der Waals surface area contributed by atoms with Gasteiger partial charge < -0.3 is 9.84 Å². The van der Waals surface area contributed by atoms with Crippen LogP contribution in [0.25, 0.3) is 0 Å². The molecule has 0 aromatic carbocycles. The number of carbonyl (C=O) groups is 1. The second-order valence-corrected chi connectivity index (χ2v) is 14.7. The molecule has 2 unspecified atom stereocenters. The van der Waals surface area contributed by atoms with Gasteiger partial charge in [-0.2, -0.15) is 0 Å². The molecule has 5 rings (SSSR count). The van der Waals surface area contributed by atoms with E-state index in [1.165, 1.54) is 31.3 Å². The second kappa shape index (κ2) is 7.59. The Morgan fingerprint density at radius 2 is 1.56 bits per heavy atom. The smallest absolute Gasteiger partial charge is 0.312 e. The van der Waals surface area contributed by atoms with Crippen molar-refractivity contribution in [3.63, 3.8) is 0 Å². The van der Waals surface area contributed by atoms with E-state index in [1.54, 1.807) is 7.11 Å². The molecular formula is C31H50O3. The van der Waals surface area contributed by atoms with Gasteiger partial charge in [-0.15, -0.1) is 0 Å². The summed E-state index contributed by atoms with van der Waals surface area (Å²) in [5.41, 5.74) is 1.78. The molecule has 5 aliphatic carbocycles. The van der Waals surface area contributed by atoms with Gasteiger partial charge in [0.15, 0.2) is 0 Å². The van der Waals surface area contributed by atoms with Crippen molar-refractivity contribution in [1.29, 1.82) is 0 Å². The zero-order valence-electron chi connectivity index (χ0n) is 23.0. The Morgan fingerprint density at radius 3 is 2.21 bits per heavy atom. The highest BCUT2D eigenvalue weighted by Gasteiger charge is 2.72. The van der Waals surface area contributed by atoms with Crippen molar-refractivity contribution in [3.05, 3.63) is 12.2 Å². The molecule has 5 saturated carbocycles. The molecule has 5 fully saturated rings. The Hall–Kier alpha value is -0.830. The zero-order chi connectivity index (χ0) is 24.9. The van der Waals surface area contributed by atoms with Gasteiger partial charge in [0.25, 0.3) is 0 Å². The first-order valence-corrected chi connectivity index (χ1v) is 14.2. The van der Waals surface area contributed by atoms with E-state index in [0.717, 1.165) is 38.5 Å². The third kappa shape index (κ3) is 2.83. The number of fused-ring (bicyclic) bond motifs is 7. The Morgan fingerprint density at radius 1 is 0.853 bits per heavy atom. The predicted molar refractivity (Wildman–Crippen MR) is 137 cm³/mol. The Labute approximate surface area is 208 Å². The average Bonchev–Trinajstić information content (AvgIpc) is 3.18. The molecule has 0 aromatic heterocycles. The largest absolute Gasteiger partial charge is 0.469 e. The highest BCUT2D eigenvalue weighted by Crippen LogP contribution is 2.77. The van der Waals surface area contributed by atoms with Crippen LogP contribution >= 0.6 is 0 Å². The van der Waals surface area contributed by atoms with Crippen molar-refractivity contribution in [2.45, 2.75) is 112 Å². The minimum Gasteiger partial charge on any atom is -0.469 e. The quantitative estimate of drug-likeness (QED) is 0.343. The molecule has 0 bridgehead atoms. The summed E-state index contributed by atoms with van der Waals surface area (Å²) in [5.74, 6) is 2.72. The van der Waals surface area contributed by atoms with Crippen LogP contribution in [-0.2, 0) is 9.53 Å². The number of aliphatic hydroxyl groups excluding tert-OH is 1. The number of hydrogen-bond acceptors (Lipinski definition) is 3. The van der Waals surface area contributed by atoms with Crippen molar-refractivity contribution in [3.8, 4) is 0 Å². The van der Waals surface area contributed by atoms with E-state index in [4.69, 9.17) is 4.74 Å². The summed E-state index contributed by atoms with van der Waals surface area (Å²) in [6.45, 7) is 19.1. The van der Waals surface area contributed by atoms with E-state index >= 15 is 0 Å². The number of ether oxygens (including phenoxy) is 1. The van der Waals surface area contributed by atoms with Gasteiger partial charge in [0.1, 0.15) is 0 Å². The normalized spacial score (nSPS) is 53.6. The number of hydrogen-bond donors (Lipinski definition) is 1. The van der Waals surface area contributed by atoms with Crippen LogP contribution in [0.15, 0.2) is 12.2 Å². The Kier molecular flexibility index (Phi) is 5.55. The number of rotatable bonds is 2. The third-order valence-corrected chi connectivity index (χ3v) is 13.6. The predicted octanol–water partition coefficient (Wildman–Crippen LogP) is 7.18. The molecule has 1 N–H and O–H groups in total. The molecule has 0 radical (unpaired) electrons. The van der Waals surface area contributed by atoms with Crippen LogP contribution in [-0.4, -0.2) is 24.3 Å². The zero-order valence-corrected chi connectivity index (χ0v) is 23.0. The molecule has 0 aromatic rings. The van der Waals surface area contributed by atoms with Crippen LogP contribution in [0.3, 0.4) is 0 Å². The van der Waals surface area contributed by atoms with Crippen molar-refractivity contribution >= 4 is 5.97 Å². The first kappa shape index (κ1) is 24.8. The Bertz CT molecular complexity index is 876. The SMILES string of the molecule is C=C(C)[C@@H]1CC[C@]2(C(=O)OC)CC[C@]3(C)C(CCC4[C@@]5(C)CC[C@H](O)C(C)(C)[C@@H]5CC[C@]43C)[C@H]12. The lowest BCUT2D eigenvalue weighted by atomic mass is 9.32. The van der Waals surface area contributed by atoms with Crippen LogP contribution in [0.2, 0.25) is 0 Å². The van der Waals surface area contributed by atoms with E-state index in [0.29, 0.717) is 35.0 Å². The summed E-state index contributed by atoms with van der Waals surface area (Å²) >= 11 is 0. The molecule has 3 heteroatoms. The highest BCUT2D eigenvalue weighted by atomic mass is 16.5. The monoisotopic (exact) mass is 470 g/mol. The summed E-state index contributed by atoms with van der Waals surface area (Å²) in [6, 6.07) is 0. The molecule has 192 valence electrons. The standard InChI is InChI=1S/C31H50O3/c1-19(2)20-11-16-31(26(33)34-8)18-17-29(6)21(25(20)31)9-10-23-28(5)14-13-24(32)27(3,4)22(28)12-15-30(23,29)7/h20-25,32H,1,9-18H2,2-8H3/t20-,21?,22-,23?,24-,25-,28-,29+,30+,31-/m0/s1. The molecule has 0 spiro atoms. The fraction of sp³-hybridized carbons (Fsp3) is 0.903. The van der Waals surface area contributed by atoms with Crippen LogP contribution in [0.5, 0.6) is 0 Å². The topological polar surface area (TPSA) is 46.5 Å². The summed E-state index contributed by atoms with van der Waals surface area (Å²) in [7, 11) is 1.59. The molecule has 0 heterocycles. The van der Waals surface area contributed by atoms with Crippen LogP contribution < -0.4 is 0 Å². The fourth-order valence-electron chi connectivity index (χ4n) is 11.7. The van der Waals surface area contributed by atoms with Gasteiger partial charge in [0, 0.05) is 0 Å². The lowest BCUT2D eigenvalue weighted by Gasteiger charge is -2.72. The second-order valence-electron chi connectivity index (χ2n) is 14.7. The van der Waals surface area contributed by atoms with Crippen molar-refractivity contribution in [2.24, 2.45) is 56.7 Å². The minimum absolute atomic E-state index is 0.00478. The molecule has 0 aliphatic heterocycles. The van der Waals surface area contributed by atoms with Gasteiger partial charge in [-0.1, -0.05) is 46.8 Å². The van der Waals surface area contributed by atoms with Crippen LogP contribution in [0.1, 0.15) is 106 Å². The molecule has 10 atom stereocenters. The number of carbonyl (C=O) groups excluding carboxylic acids is 1. The van der Waals surface area contributed by atoms with Gasteiger partial charge in [-0.3, -0.25) is 4.79 Å². The van der Waals surface area contributed by atoms with E-state index in [1.807, 2.05) is 0 Å². The summed E-state index contributed by atoms with van der Waals surface area (Å²) in [5, 5.41) is 10.9. The van der Waals surface area contributed by atoms with E-state index < -0.39 is 0 Å². The van der Waals surface area contributed by atoms with Gasteiger partial charge in [0.05, 0.1) is 18.6 Å². The van der Waals surface area contributed by atoms with Gasteiger partial charge in [-0.05, 0) is 122 Å². The first-order valence-electron chi connectivity index (χ1n) is 14.2. The third-order valence-electron chi connectivity index (χ3n) is 13.6. The maximum Gasteiger partial charge on any atom is 0.312 e. The Balaban J connectivity index is 1.56. The molecule has 34 heavy (non-hydrogen) atoms. The van der Waals surface area contributed by atoms with Crippen LogP contribution in [0.4, 0.5) is 0 Å². The molecule has 5 aliphatic rings. The van der Waals surface area contributed by atoms with E-state index in [-0.39, 0.29) is 33.7 Å².